The Hall–Kier alpha value is -3.94. The van der Waals surface area contributed by atoms with Gasteiger partial charge in [-0.15, -0.1) is 0 Å². The number of aromatic nitrogens is 6. The topological polar surface area (TPSA) is 95.6 Å². The van der Waals surface area contributed by atoms with E-state index in [-0.39, 0.29) is 0 Å². The second kappa shape index (κ2) is 9.50. The number of H-pyrrole nitrogens is 2. The molecule has 0 amide bonds. The number of ether oxygens (including phenoxy) is 1. The fraction of sp³-hybridized carbons (Fsp3) is 0.379. The highest BCUT2D eigenvalue weighted by molar-refractivity contribution is 5.97. The van der Waals surface area contributed by atoms with Crippen molar-refractivity contribution in [3.63, 3.8) is 0 Å². The minimum atomic E-state index is 0.297. The molecule has 1 aromatic carbocycles. The van der Waals surface area contributed by atoms with Crippen LogP contribution in [0.4, 0.5) is 5.82 Å². The van der Waals surface area contributed by atoms with E-state index in [2.05, 4.69) is 54.3 Å². The first-order valence-electron chi connectivity index (χ1n) is 13.5. The van der Waals surface area contributed by atoms with Crippen molar-refractivity contribution in [2.75, 3.05) is 18.0 Å². The Labute approximate surface area is 215 Å². The summed E-state index contributed by atoms with van der Waals surface area (Å²) >= 11 is 0. The molecule has 1 aliphatic heterocycles. The van der Waals surface area contributed by atoms with E-state index >= 15 is 0 Å². The van der Waals surface area contributed by atoms with Crippen LogP contribution in [0, 0.1) is 0 Å². The Morgan fingerprint density at radius 2 is 1.73 bits per heavy atom. The quantitative estimate of drug-likeness (QED) is 0.300. The summed E-state index contributed by atoms with van der Waals surface area (Å²) in [5.41, 5.74) is 5.77. The molecule has 4 aromatic heterocycles. The Kier molecular flexibility index (Phi) is 5.72. The van der Waals surface area contributed by atoms with Gasteiger partial charge in [0.15, 0.2) is 11.6 Å². The van der Waals surface area contributed by atoms with E-state index in [4.69, 9.17) is 9.72 Å². The maximum atomic E-state index is 6.27. The minimum Gasteiger partial charge on any atom is -0.489 e. The lowest BCUT2D eigenvalue weighted by molar-refractivity contribution is 0.154. The number of nitrogens with zero attached hydrogens (tertiary/aromatic N) is 5. The molecule has 1 aliphatic carbocycles. The molecule has 8 heteroatoms. The zero-order valence-electron chi connectivity index (χ0n) is 20.9. The maximum absolute atomic E-state index is 6.27. The first kappa shape index (κ1) is 22.3. The number of hydrogen-bond donors (Lipinski definition) is 2. The Morgan fingerprint density at radius 1 is 0.865 bits per heavy atom. The lowest BCUT2D eigenvalue weighted by atomic mass is 9.98. The molecule has 188 valence electrons. The Bertz CT molecular complexity index is 1540. The summed E-state index contributed by atoms with van der Waals surface area (Å²) < 4.78 is 6.27. The van der Waals surface area contributed by atoms with Crippen molar-refractivity contribution < 1.29 is 4.74 Å². The molecule has 2 fully saturated rings. The molecular weight excluding hydrogens is 462 g/mol. The lowest BCUT2D eigenvalue weighted by Gasteiger charge is -2.27. The summed E-state index contributed by atoms with van der Waals surface area (Å²) in [6.45, 7) is 2.06. The number of fused-ring (bicyclic) bond motifs is 2. The van der Waals surface area contributed by atoms with Crippen LogP contribution in [0.3, 0.4) is 0 Å². The van der Waals surface area contributed by atoms with Crippen molar-refractivity contribution in [2.24, 2.45) is 0 Å². The standard InChI is InChI=1S/C29H31N7O/c1-3-7-21(8-4-1)37-22-15-20(17-30-18-22)19-9-10-24-23(16-19)26(35-34-24)28-32-25-11-12-31-29(27(25)33-28)36-13-5-2-6-14-36/h9-12,15-18,21H,1-8,13-14H2,(H,32,33)(H,34,35). The molecule has 1 saturated heterocycles. The van der Waals surface area contributed by atoms with Gasteiger partial charge in [-0.25, -0.2) is 9.97 Å². The Morgan fingerprint density at radius 3 is 2.62 bits per heavy atom. The average molecular weight is 494 g/mol. The highest BCUT2D eigenvalue weighted by atomic mass is 16.5. The van der Waals surface area contributed by atoms with Gasteiger partial charge >= 0.3 is 0 Å². The van der Waals surface area contributed by atoms with Crippen LogP contribution in [0.25, 0.3) is 44.6 Å². The third-order valence-corrected chi connectivity index (χ3v) is 7.73. The Balaban J connectivity index is 1.23. The van der Waals surface area contributed by atoms with Gasteiger partial charge in [0.05, 0.1) is 23.3 Å². The molecule has 5 heterocycles. The summed E-state index contributed by atoms with van der Waals surface area (Å²) in [6.07, 6.45) is 15.6. The molecule has 0 spiro atoms. The van der Waals surface area contributed by atoms with Crippen molar-refractivity contribution in [3.8, 4) is 28.4 Å². The number of piperidine rings is 1. The second-order valence-corrected chi connectivity index (χ2v) is 10.3. The van der Waals surface area contributed by atoms with E-state index in [1.807, 2.05) is 24.7 Å². The molecule has 0 atom stereocenters. The van der Waals surface area contributed by atoms with E-state index < -0.39 is 0 Å². The van der Waals surface area contributed by atoms with Crippen LogP contribution in [0.5, 0.6) is 5.75 Å². The predicted molar refractivity (Wildman–Crippen MR) is 146 cm³/mol. The molecule has 37 heavy (non-hydrogen) atoms. The van der Waals surface area contributed by atoms with E-state index in [0.717, 1.165) is 82.1 Å². The summed E-state index contributed by atoms with van der Waals surface area (Å²) in [5.74, 6) is 2.55. The number of anilines is 1. The van der Waals surface area contributed by atoms with Crippen LogP contribution < -0.4 is 9.64 Å². The van der Waals surface area contributed by atoms with Crippen LogP contribution >= 0.6 is 0 Å². The normalized spacial score (nSPS) is 17.0. The van der Waals surface area contributed by atoms with Gasteiger partial charge in [-0.1, -0.05) is 12.5 Å². The smallest absolute Gasteiger partial charge is 0.159 e. The van der Waals surface area contributed by atoms with E-state index in [1.165, 1.54) is 38.5 Å². The van der Waals surface area contributed by atoms with Crippen LogP contribution in [-0.2, 0) is 0 Å². The van der Waals surface area contributed by atoms with Crippen molar-refractivity contribution in [2.45, 2.75) is 57.5 Å². The minimum absolute atomic E-state index is 0.297. The van der Waals surface area contributed by atoms with Gasteiger partial charge in [0.25, 0.3) is 0 Å². The molecule has 5 aromatic rings. The first-order valence-corrected chi connectivity index (χ1v) is 13.5. The van der Waals surface area contributed by atoms with Crippen LogP contribution in [0.1, 0.15) is 51.4 Å². The van der Waals surface area contributed by atoms with Gasteiger partial charge in [-0.05, 0) is 74.8 Å². The molecule has 2 aliphatic rings. The van der Waals surface area contributed by atoms with Crippen LogP contribution in [0.2, 0.25) is 0 Å². The van der Waals surface area contributed by atoms with Crippen molar-refractivity contribution >= 4 is 27.8 Å². The third-order valence-electron chi connectivity index (χ3n) is 7.73. The molecule has 2 N–H and O–H groups in total. The SMILES string of the molecule is c1cc2[nH]c(-c3n[nH]c4ccc(-c5cncc(OC6CCCCC6)c5)cc34)nc2c(N2CCCCC2)n1. The summed E-state index contributed by atoms with van der Waals surface area (Å²) in [6, 6.07) is 10.4. The molecule has 1 saturated carbocycles. The first-order chi connectivity index (χ1) is 18.3. The number of nitrogens with one attached hydrogen (secondary N) is 2. The van der Waals surface area contributed by atoms with Crippen LogP contribution in [0.15, 0.2) is 48.9 Å². The van der Waals surface area contributed by atoms with Crippen molar-refractivity contribution in [3.05, 3.63) is 48.9 Å². The number of rotatable bonds is 5. The monoisotopic (exact) mass is 493 g/mol. The van der Waals surface area contributed by atoms with E-state index in [1.54, 1.807) is 0 Å². The van der Waals surface area contributed by atoms with Crippen LogP contribution in [-0.4, -0.2) is 49.3 Å². The number of aromatic amines is 2. The molecular formula is C29H31N7O. The second-order valence-electron chi connectivity index (χ2n) is 10.3. The zero-order valence-corrected chi connectivity index (χ0v) is 20.9. The van der Waals surface area contributed by atoms with Gasteiger partial charge in [0, 0.05) is 36.4 Å². The maximum Gasteiger partial charge on any atom is 0.159 e. The summed E-state index contributed by atoms with van der Waals surface area (Å²) in [4.78, 5) is 20.0. The highest BCUT2D eigenvalue weighted by Gasteiger charge is 2.20. The average Bonchev–Trinajstić information content (AvgIpc) is 3.58. The van der Waals surface area contributed by atoms with Gasteiger partial charge in [0.2, 0.25) is 0 Å². The van der Waals surface area contributed by atoms with Crippen molar-refractivity contribution in [1.29, 1.82) is 0 Å². The van der Waals surface area contributed by atoms with Gasteiger partial charge in [-0.3, -0.25) is 10.1 Å². The molecule has 7 rings (SSSR count). The highest BCUT2D eigenvalue weighted by Crippen LogP contribution is 2.33. The largest absolute Gasteiger partial charge is 0.489 e. The molecule has 0 bridgehead atoms. The van der Waals surface area contributed by atoms with Gasteiger partial charge in [-0.2, -0.15) is 5.10 Å². The number of imidazole rings is 1. The summed E-state index contributed by atoms with van der Waals surface area (Å²) in [7, 11) is 0. The fourth-order valence-corrected chi connectivity index (χ4v) is 5.76. The third kappa shape index (κ3) is 4.30. The zero-order chi connectivity index (χ0) is 24.6. The number of hydrogen-bond acceptors (Lipinski definition) is 6. The predicted octanol–water partition coefficient (Wildman–Crippen LogP) is 6.27. The lowest BCUT2D eigenvalue weighted by Crippen LogP contribution is -2.30. The summed E-state index contributed by atoms with van der Waals surface area (Å²) in [5, 5.41) is 8.83. The van der Waals surface area contributed by atoms with Crippen molar-refractivity contribution in [1.82, 2.24) is 30.1 Å². The molecule has 8 nitrogen and oxygen atoms in total. The molecule has 0 radical (unpaired) electrons. The van der Waals surface area contributed by atoms with Gasteiger partial charge < -0.3 is 14.6 Å². The van der Waals surface area contributed by atoms with E-state index in [9.17, 15) is 0 Å². The van der Waals surface area contributed by atoms with Gasteiger partial charge in [0.1, 0.15) is 17.0 Å². The fourth-order valence-electron chi connectivity index (χ4n) is 5.76. The number of pyridine rings is 2. The number of benzene rings is 1. The molecule has 0 unspecified atom stereocenters. The van der Waals surface area contributed by atoms with E-state index in [0.29, 0.717) is 6.10 Å².